The fraction of sp³-hybridized carbons (Fsp3) is 0.125. The molecule has 0 N–H and O–H groups in total. The monoisotopic (exact) mass is 293 g/mol. The van der Waals surface area contributed by atoms with E-state index in [-0.39, 0.29) is 5.91 Å². The van der Waals surface area contributed by atoms with Crippen LogP contribution in [0.25, 0.3) is 5.69 Å². The summed E-state index contributed by atoms with van der Waals surface area (Å²) in [5.74, 6) is -0.0260. The molecule has 3 rings (SSSR count). The summed E-state index contributed by atoms with van der Waals surface area (Å²) in [6.07, 6.45) is 6.54. The van der Waals surface area contributed by atoms with Crippen LogP contribution in [0.5, 0.6) is 0 Å². The predicted octanol–water partition coefficient (Wildman–Crippen LogP) is 1.93. The van der Waals surface area contributed by atoms with E-state index in [0.717, 1.165) is 11.3 Å². The minimum absolute atomic E-state index is 0.0260. The molecule has 0 spiro atoms. The van der Waals surface area contributed by atoms with E-state index in [9.17, 15) is 4.79 Å². The van der Waals surface area contributed by atoms with E-state index < -0.39 is 0 Å². The third-order valence-electron chi connectivity index (χ3n) is 3.31. The number of benzene rings is 1. The van der Waals surface area contributed by atoms with Gasteiger partial charge in [0.05, 0.1) is 5.69 Å². The van der Waals surface area contributed by atoms with Crippen LogP contribution in [0.15, 0.2) is 61.4 Å². The molecule has 3 aromatic rings. The molecule has 0 aliphatic rings. The van der Waals surface area contributed by atoms with Crippen molar-refractivity contribution in [1.82, 2.24) is 24.6 Å². The van der Waals surface area contributed by atoms with Crippen molar-refractivity contribution in [3.05, 3.63) is 72.6 Å². The van der Waals surface area contributed by atoms with Gasteiger partial charge in [-0.1, -0.05) is 0 Å². The molecule has 0 fully saturated rings. The van der Waals surface area contributed by atoms with Crippen molar-refractivity contribution in [3.63, 3.8) is 0 Å². The minimum Gasteiger partial charge on any atom is -0.337 e. The van der Waals surface area contributed by atoms with Crippen LogP contribution >= 0.6 is 0 Å². The van der Waals surface area contributed by atoms with Crippen molar-refractivity contribution in [3.8, 4) is 5.69 Å². The third kappa shape index (κ3) is 3.01. The largest absolute Gasteiger partial charge is 0.337 e. The lowest BCUT2D eigenvalue weighted by Gasteiger charge is -2.17. The van der Waals surface area contributed by atoms with Gasteiger partial charge >= 0.3 is 0 Å². The van der Waals surface area contributed by atoms with Crippen LogP contribution in [-0.2, 0) is 6.54 Å². The van der Waals surface area contributed by atoms with Gasteiger partial charge in [0.1, 0.15) is 12.7 Å². The number of aromatic nitrogens is 4. The normalized spacial score (nSPS) is 10.4. The first-order valence-corrected chi connectivity index (χ1v) is 6.83. The van der Waals surface area contributed by atoms with Gasteiger partial charge in [-0.15, -0.1) is 0 Å². The molecule has 1 aromatic carbocycles. The summed E-state index contributed by atoms with van der Waals surface area (Å²) in [6.45, 7) is 0.548. The van der Waals surface area contributed by atoms with Crippen LogP contribution in [0, 0.1) is 0 Å². The molecule has 0 aliphatic carbocycles. The van der Waals surface area contributed by atoms with Gasteiger partial charge in [0.15, 0.2) is 0 Å². The smallest absolute Gasteiger partial charge is 0.253 e. The fourth-order valence-corrected chi connectivity index (χ4v) is 2.15. The molecular weight excluding hydrogens is 278 g/mol. The number of carbonyl (C=O) groups excluding carboxylic acids is 1. The number of hydrogen-bond acceptors (Lipinski definition) is 4. The first kappa shape index (κ1) is 13.9. The number of rotatable bonds is 4. The van der Waals surface area contributed by atoms with Crippen LogP contribution in [0.1, 0.15) is 15.9 Å². The van der Waals surface area contributed by atoms with E-state index >= 15 is 0 Å². The van der Waals surface area contributed by atoms with Crippen molar-refractivity contribution in [2.24, 2.45) is 0 Å². The Morgan fingerprint density at radius 1 is 1.09 bits per heavy atom. The summed E-state index contributed by atoms with van der Waals surface area (Å²) in [7, 11) is 1.79. The molecule has 0 saturated heterocycles. The van der Waals surface area contributed by atoms with E-state index in [1.165, 1.54) is 6.33 Å². The van der Waals surface area contributed by atoms with Gasteiger partial charge in [0.25, 0.3) is 5.91 Å². The third-order valence-corrected chi connectivity index (χ3v) is 3.31. The molecule has 0 aliphatic heterocycles. The van der Waals surface area contributed by atoms with Gasteiger partial charge in [-0.25, -0.2) is 9.67 Å². The van der Waals surface area contributed by atoms with Crippen LogP contribution in [0.2, 0.25) is 0 Å². The van der Waals surface area contributed by atoms with Crippen molar-refractivity contribution >= 4 is 5.91 Å². The Morgan fingerprint density at radius 2 is 1.82 bits per heavy atom. The maximum absolute atomic E-state index is 12.4. The van der Waals surface area contributed by atoms with Crippen molar-refractivity contribution in [2.45, 2.75) is 6.54 Å². The molecule has 0 radical (unpaired) electrons. The summed E-state index contributed by atoms with van der Waals surface area (Å²) < 4.78 is 1.65. The highest BCUT2D eigenvalue weighted by molar-refractivity contribution is 5.94. The Balaban J connectivity index is 1.72. The molecular formula is C16H15N5O. The Kier molecular flexibility index (Phi) is 3.91. The number of nitrogens with zero attached hydrogens (tertiary/aromatic N) is 5. The standard InChI is InChI=1S/C16H15N5O/c1-20(10-13-6-8-17-9-7-13)16(22)14-2-4-15(5-3-14)21-12-18-11-19-21/h2-9,11-12H,10H2,1H3. The second kappa shape index (κ2) is 6.17. The van der Waals surface area contributed by atoms with E-state index in [1.54, 1.807) is 47.5 Å². The Hall–Kier alpha value is -3.02. The molecule has 2 aromatic heterocycles. The zero-order valence-electron chi connectivity index (χ0n) is 12.1. The second-order valence-corrected chi connectivity index (χ2v) is 4.90. The predicted molar refractivity (Wildman–Crippen MR) is 81.4 cm³/mol. The summed E-state index contributed by atoms with van der Waals surface area (Å²) in [4.78, 5) is 22.0. The zero-order chi connectivity index (χ0) is 15.4. The highest BCUT2D eigenvalue weighted by Gasteiger charge is 2.12. The van der Waals surface area contributed by atoms with Crippen LogP contribution in [-0.4, -0.2) is 37.6 Å². The molecule has 0 atom stereocenters. The molecule has 2 heterocycles. The van der Waals surface area contributed by atoms with Crippen LogP contribution in [0.4, 0.5) is 0 Å². The van der Waals surface area contributed by atoms with Crippen molar-refractivity contribution in [1.29, 1.82) is 0 Å². The lowest BCUT2D eigenvalue weighted by atomic mass is 10.1. The fourth-order valence-electron chi connectivity index (χ4n) is 2.15. The van der Waals surface area contributed by atoms with Gasteiger partial charge in [0, 0.05) is 31.5 Å². The van der Waals surface area contributed by atoms with E-state index in [0.29, 0.717) is 12.1 Å². The maximum atomic E-state index is 12.4. The average molecular weight is 293 g/mol. The highest BCUT2D eigenvalue weighted by Crippen LogP contribution is 2.11. The van der Waals surface area contributed by atoms with Gasteiger partial charge in [-0.05, 0) is 42.0 Å². The van der Waals surface area contributed by atoms with E-state index in [4.69, 9.17) is 0 Å². The van der Waals surface area contributed by atoms with E-state index in [2.05, 4.69) is 15.1 Å². The van der Waals surface area contributed by atoms with Gasteiger partial charge in [0.2, 0.25) is 0 Å². The molecule has 110 valence electrons. The molecule has 6 nitrogen and oxygen atoms in total. The SMILES string of the molecule is CN(Cc1ccncc1)C(=O)c1ccc(-n2cncn2)cc1. The number of hydrogen-bond donors (Lipinski definition) is 0. The van der Waals surface area contributed by atoms with Gasteiger partial charge in [-0.2, -0.15) is 5.10 Å². The summed E-state index contributed by atoms with van der Waals surface area (Å²) in [5.41, 5.74) is 2.55. The second-order valence-electron chi connectivity index (χ2n) is 4.90. The summed E-state index contributed by atoms with van der Waals surface area (Å²) in [5, 5.41) is 4.06. The highest BCUT2D eigenvalue weighted by atomic mass is 16.2. The molecule has 6 heteroatoms. The van der Waals surface area contributed by atoms with Crippen LogP contribution < -0.4 is 0 Å². The first-order chi connectivity index (χ1) is 10.7. The van der Waals surface area contributed by atoms with Gasteiger partial charge < -0.3 is 4.90 Å². The quantitative estimate of drug-likeness (QED) is 0.737. The Morgan fingerprint density at radius 3 is 2.45 bits per heavy atom. The molecule has 1 amide bonds. The average Bonchev–Trinajstić information content (AvgIpc) is 3.10. The number of carbonyl (C=O) groups is 1. The molecule has 0 saturated carbocycles. The van der Waals surface area contributed by atoms with Gasteiger partial charge in [-0.3, -0.25) is 9.78 Å². The lowest BCUT2D eigenvalue weighted by molar-refractivity contribution is 0.0785. The Bertz CT molecular complexity index is 738. The zero-order valence-corrected chi connectivity index (χ0v) is 12.1. The summed E-state index contributed by atoms with van der Waals surface area (Å²) >= 11 is 0. The molecule has 0 bridgehead atoms. The maximum Gasteiger partial charge on any atom is 0.253 e. The number of amides is 1. The molecule has 22 heavy (non-hydrogen) atoms. The number of pyridine rings is 1. The topological polar surface area (TPSA) is 63.9 Å². The van der Waals surface area contributed by atoms with Crippen molar-refractivity contribution < 1.29 is 4.79 Å². The molecule has 0 unspecified atom stereocenters. The summed E-state index contributed by atoms with van der Waals surface area (Å²) in [6, 6.07) is 11.1. The van der Waals surface area contributed by atoms with Crippen molar-refractivity contribution in [2.75, 3.05) is 7.05 Å². The minimum atomic E-state index is -0.0260. The van der Waals surface area contributed by atoms with Crippen LogP contribution in [0.3, 0.4) is 0 Å². The lowest BCUT2D eigenvalue weighted by Crippen LogP contribution is -2.26. The van der Waals surface area contributed by atoms with E-state index in [1.807, 2.05) is 24.3 Å². The first-order valence-electron chi connectivity index (χ1n) is 6.83. The Labute approximate surface area is 128 Å².